The second-order valence-corrected chi connectivity index (χ2v) is 7.52. The Hall–Kier alpha value is -3.40. The Morgan fingerprint density at radius 1 is 1.17 bits per heavy atom. The average molecular weight is 411 g/mol. The molecule has 10 heteroatoms. The van der Waals surface area contributed by atoms with Crippen LogP contribution in [0.1, 0.15) is 21.9 Å². The van der Waals surface area contributed by atoms with Crippen molar-refractivity contribution in [2.45, 2.75) is 13.5 Å². The van der Waals surface area contributed by atoms with E-state index in [9.17, 15) is 14.4 Å². The van der Waals surface area contributed by atoms with Crippen LogP contribution in [-0.2, 0) is 13.6 Å². The van der Waals surface area contributed by atoms with Gasteiger partial charge in [-0.25, -0.2) is 9.78 Å². The van der Waals surface area contributed by atoms with E-state index in [0.29, 0.717) is 23.3 Å². The minimum Gasteiger partial charge on any atom is -0.368 e. The Morgan fingerprint density at radius 3 is 2.57 bits per heavy atom. The fourth-order valence-electron chi connectivity index (χ4n) is 3.85. The van der Waals surface area contributed by atoms with Crippen molar-refractivity contribution in [3.63, 3.8) is 0 Å². The van der Waals surface area contributed by atoms with Gasteiger partial charge in [0.2, 0.25) is 0 Å². The fourth-order valence-corrected chi connectivity index (χ4v) is 3.85. The number of piperazine rings is 1. The molecule has 1 saturated heterocycles. The first-order chi connectivity index (χ1) is 14.4. The number of fused-ring (bicyclic) bond motifs is 1. The van der Waals surface area contributed by atoms with E-state index in [1.54, 1.807) is 13.1 Å². The van der Waals surface area contributed by atoms with Gasteiger partial charge in [0.05, 0.1) is 16.9 Å². The van der Waals surface area contributed by atoms with E-state index < -0.39 is 5.69 Å². The number of rotatable bonds is 4. The van der Waals surface area contributed by atoms with E-state index >= 15 is 0 Å². The van der Waals surface area contributed by atoms with Gasteiger partial charge in [-0.05, 0) is 25.1 Å². The third-order valence-electron chi connectivity index (χ3n) is 5.56. The molecule has 0 unspecified atom stereocenters. The second kappa shape index (κ2) is 7.79. The van der Waals surface area contributed by atoms with Crippen LogP contribution in [0.4, 0.5) is 5.69 Å². The minimum absolute atomic E-state index is 0.191. The Kier molecular flexibility index (Phi) is 5.17. The predicted molar refractivity (Wildman–Crippen MR) is 114 cm³/mol. The lowest BCUT2D eigenvalue weighted by Crippen LogP contribution is -2.46. The smallest absolute Gasteiger partial charge is 0.328 e. The molecule has 4 rings (SSSR count). The van der Waals surface area contributed by atoms with Gasteiger partial charge in [0.15, 0.2) is 0 Å². The second-order valence-electron chi connectivity index (χ2n) is 7.52. The summed E-state index contributed by atoms with van der Waals surface area (Å²) in [5.41, 5.74) is 3.39. The molecule has 1 aliphatic heterocycles. The van der Waals surface area contributed by atoms with Gasteiger partial charge in [-0.3, -0.25) is 19.1 Å². The molecule has 0 saturated carbocycles. The molecule has 0 atom stereocenters. The summed E-state index contributed by atoms with van der Waals surface area (Å²) in [6.07, 6.45) is 0. The minimum atomic E-state index is -0.418. The molecule has 10 nitrogen and oxygen atoms in total. The number of hydrogen-bond donors (Lipinski definition) is 3. The Labute approximate surface area is 172 Å². The van der Waals surface area contributed by atoms with Crippen molar-refractivity contribution in [3.05, 3.63) is 56.1 Å². The molecule has 1 aliphatic rings. The van der Waals surface area contributed by atoms with Crippen LogP contribution in [-0.4, -0.2) is 63.6 Å². The zero-order chi connectivity index (χ0) is 21.4. The van der Waals surface area contributed by atoms with E-state index in [1.807, 2.05) is 19.1 Å². The zero-order valence-corrected chi connectivity index (χ0v) is 17.3. The van der Waals surface area contributed by atoms with Gasteiger partial charge >= 0.3 is 5.69 Å². The van der Waals surface area contributed by atoms with Gasteiger partial charge in [0, 0.05) is 52.5 Å². The number of carbonyl (C=O) groups is 1. The number of aromatic amines is 2. The van der Waals surface area contributed by atoms with Crippen LogP contribution in [0.25, 0.3) is 11.0 Å². The number of hydrogen-bond acceptors (Lipinski definition) is 6. The van der Waals surface area contributed by atoms with Crippen LogP contribution in [0.5, 0.6) is 0 Å². The number of carbonyl (C=O) groups excluding carboxylic acids is 1. The van der Waals surface area contributed by atoms with Gasteiger partial charge in [0.25, 0.3) is 11.5 Å². The van der Waals surface area contributed by atoms with Crippen LogP contribution in [0.2, 0.25) is 0 Å². The summed E-state index contributed by atoms with van der Waals surface area (Å²) >= 11 is 0. The van der Waals surface area contributed by atoms with E-state index in [0.717, 1.165) is 47.8 Å². The first-order valence-corrected chi connectivity index (χ1v) is 9.85. The molecular formula is C20H25N7O3. The SMILES string of the molecule is CNC(=O)c1ccc(N2CCN(Cc3cc4[nH]c(=O)n(C)c(=O)c4[nH]3)CC2)c(C)n1. The van der Waals surface area contributed by atoms with Crippen molar-refractivity contribution >= 4 is 22.6 Å². The molecule has 0 aliphatic carbocycles. The highest BCUT2D eigenvalue weighted by atomic mass is 16.2. The van der Waals surface area contributed by atoms with Crippen LogP contribution in [0.3, 0.4) is 0 Å². The largest absolute Gasteiger partial charge is 0.368 e. The van der Waals surface area contributed by atoms with Gasteiger partial charge in [-0.2, -0.15) is 0 Å². The number of H-pyrrole nitrogens is 2. The fraction of sp³-hybridized carbons (Fsp3) is 0.400. The topological polar surface area (TPSA) is 119 Å². The summed E-state index contributed by atoms with van der Waals surface area (Å²) in [5, 5.41) is 2.59. The van der Waals surface area contributed by atoms with Crippen molar-refractivity contribution < 1.29 is 4.79 Å². The number of amides is 1. The summed E-state index contributed by atoms with van der Waals surface area (Å²) in [7, 11) is 3.05. The monoisotopic (exact) mass is 411 g/mol. The number of pyridine rings is 1. The van der Waals surface area contributed by atoms with Crippen molar-refractivity contribution in [1.29, 1.82) is 0 Å². The molecule has 30 heavy (non-hydrogen) atoms. The highest BCUT2D eigenvalue weighted by Crippen LogP contribution is 2.21. The highest BCUT2D eigenvalue weighted by molar-refractivity contribution is 5.92. The highest BCUT2D eigenvalue weighted by Gasteiger charge is 2.20. The normalized spacial score (nSPS) is 15.0. The first-order valence-electron chi connectivity index (χ1n) is 9.85. The standard InChI is InChI=1S/C20H25N7O3/c1-12-16(5-4-14(22-12)18(28)21-2)27-8-6-26(7-9-27)11-13-10-15-17(23-13)19(29)25(3)20(30)24-15/h4-5,10,23H,6-9,11H2,1-3H3,(H,21,28)(H,24,30). The average Bonchev–Trinajstić information content (AvgIpc) is 3.14. The molecule has 3 aromatic heterocycles. The van der Waals surface area contributed by atoms with Gasteiger partial charge < -0.3 is 20.2 Å². The van der Waals surface area contributed by atoms with E-state index in [4.69, 9.17) is 0 Å². The number of nitrogens with zero attached hydrogens (tertiary/aromatic N) is 4. The summed E-state index contributed by atoms with van der Waals surface area (Å²) in [5.74, 6) is -0.191. The number of aryl methyl sites for hydroxylation is 1. The summed E-state index contributed by atoms with van der Waals surface area (Å²) < 4.78 is 1.06. The maximum atomic E-state index is 12.2. The first kappa shape index (κ1) is 19.9. The molecule has 4 heterocycles. The van der Waals surface area contributed by atoms with E-state index in [2.05, 4.69) is 30.1 Å². The number of anilines is 1. The van der Waals surface area contributed by atoms with Crippen molar-refractivity contribution in [1.82, 2.24) is 29.7 Å². The lowest BCUT2D eigenvalue weighted by atomic mass is 10.2. The summed E-state index contributed by atoms with van der Waals surface area (Å²) in [6, 6.07) is 5.53. The maximum Gasteiger partial charge on any atom is 0.328 e. The predicted octanol–water partition coefficient (Wildman–Crippen LogP) is -0.0599. The molecule has 158 valence electrons. The van der Waals surface area contributed by atoms with Gasteiger partial charge in [-0.15, -0.1) is 0 Å². The molecule has 3 aromatic rings. The molecule has 1 amide bonds. The Morgan fingerprint density at radius 2 is 1.90 bits per heavy atom. The van der Waals surface area contributed by atoms with Crippen LogP contribution < -0.4 is 21.5 Å². The van der Waals surface area contributed by atoms with Crippen molar-refractivity contribution in [2.24, 2.45) is 7.05 Å². The Bertz CT molecular complexity index is 1220. The number of nitrogens with one attached hydrogen (secondary N) is 3. The van der Waals surface area contributed by atoms with E-state index in [1.165, 1.54) is 7.05 Å². The van der Waals surface area contributed by atoms with E-state index in [-0.39, 0.29) is 11.5 Å². The molecular weight excluding hydrogens is 386 g/mol. The third kappa shape index (κ3) is 3.61. The summed E-state index contributed by atoms with van der Waals surface area (Å²) in [6.45, 7) is 5.95. The van der Waals surface area contributed by atoms with Crippen molar-refractivity contribution in [2.75, 3.05) is 38.1 Å². The van der Waals surface area contributed by atoms with Crippen LogP contribution in [0.15, 0.2) is 27.8 Å². The molecule has 0 radical (unpaired) electrons. The molecule has 0 spiro atoms. The quantitative estimate of drug-likeness (QED) is 0.553. The van der Waals surface area contributed by atoms with Gasteiger partial charge in [-0.1, -0.05) is 0 Å². The zero-order valence-electron chi connectivity index (χ0n) is 17.3. The molecule has 0 bridgehead atoms. The maximum absolute atomic E-state index is 12.2. The Balaban J connectivity index is 1.43. The molecule has 0 aromatic carbocycles. The van der Waals surface area contributed by atoms with Crippen molar-refractivity contribution in [3.8, 4) is 0 Å². The van der Waals surface area contributed by atoms with Crippen LogP contribution in [0, 0.1) is 6.92 Å². The summed E-state index contributed by atoms with van der Waals surface area (Å²) in [4.78, 5) is 50.6. The van der Waals surface area contributed by atoms with Crippen LogP contribution >= 0.6 is 0 Å². The lowest BCUT2D eigenvalue weighted by molar-refractivity contribution is 0.0958. The molecule has 3 N–H and O–H groups in total. The van der Waals surface area contributed by atoms with Gasteiger partial charge in [0.1, 0.15) is 11.2 Å². The third-order valence-corrected chi connectivity index (χ3v) is 5.56. The lowest BCUT2D eigenvalue weighted by Gasteiger charge is -2.36. The number of aromatic nitrogens is 4. The molecule has 1 fully saturated rings.